The summed E-state index contributed by atoms with van der Waals surface area (Å²) in [7, 11) is 0. The van der Waals surface area contributed by atoms with Gasteiger partial charge < -0.3 is 5.32 Å². The van der Waals surface area contributed by atoms with E-state index in [4.69, 9.17) is 0 Å². The minimum Gasteiger partial charge on any atom is -0.325 e. The Morgan fingerprint density at radius 2 is 2.06 bits per heavy atom. The molecule has 94 valence electrons. The van der Waals surface area contributed by atoms with Crippen LogP contribution in [-0.4, -0.2) is 29.2 Å². The van der Waals surface area contributed by atoms with Gasteiger partial charge in [0.1, 0.15) is 0 Å². The summed E-state index contributed by atoms with van der Waals surface area (Å²) < 4.78 is 0. The molecule has 0 aliphatic heterocycles. The molecule has 1 rings (SSSR count). The van der Waals surface area contributed by atoms with E-state index in [2.05, 4.69) is 46.1 Å². The minimum absolute atomic E-state index is 0.0232. The van der Waals surface area contributed by atoms with Gasteiger partial charge in [-0.25, -0.2) is 0 Å². The molecule has 1 amide bonds. The number of hydrogen-bond donors (Lipinski definition) is 1. The molecule has 1 aromatic rings. The second-order valence-electron chi connectivity index (χ2n) is 3.84. The van der Waals surface area contributed by atoms with Gasteiger partial charge in [-0.05, 0) is 30.8 Å². The van der Waals surface area contributed by atoms with Gasteiger partial charge in [-0.1, -0.05) is 41.9 Å². The van der Waals surface area contributed by atoms with Crippen LogP contribution in [0, 0.1) is 0 Å². The van der Waals surface area contributed by atoms with Crippen molar-refractivity contribution in [1.82, 2.24) is 4.90 Å². The van der Waals surface area contributed by atoms with Crippen molar-refractivity contribution in [3.63, 3.8) is 0 Å². The van der Waals surface area contributed by atoms with Crippen molar-refractivity contribution < 1.29 is 4.79 Å². The number of rotatable bonds is 6. The number of nitrogens with zero attached hydrogens (tertiary/aromatic N) is 1. The molecule has 0 fully saturated rings. The summed E-state index contributed by atoms with van der Waals surface area (Å²) in [5, 5.41) is 3.16. The normalized spacial score (nSPS) is 10.6. The maximum Gasteiger partial charge on any atom is 0.235 e. The molecule has 0 bridgehead atoms. The predicted molar refractivity (Wildman–Crippen MR) is 75.5 cm³/mol. The largest absolute Gasteiger partial charge is 0.325 e. The number of halogens is 1. The lowest BCUT2D eigenvalue weighted by molar-refractivity contribution is -0.113. The smallest absolute Gasteiger partial charge is 0.235 e. The SMILES string of the molecule is CCN(CC)Cc1cccc(NC(=O)CBr)c1. The van der Waals surface area contributed by atoms with Crippen LogP contribution in [0.25, 0.3) is 0 Å². The molecule has 0 unspecified atom stereocenters. The number of benzene rings is 1. The molecule has 0 saturated carbocycles. The van der Waals surface area contributed by atoms with Crippen LogP contribution in [-0.2, 0) is 11.3 Å². The second-order valence-corrected chi connectivity index (χ2v) is 4.40. The van der Waals surface area contributed by atoms with E-state index >= 15 is 0 Å². The van der Waals surface area contributed by atoms with Crippen LogP contribution in [0.15, 0.2) is 24.3 Å². The van der Waals surface area contributed by atoms with E-state index in [1.54, 1.807) is 0 Å². The molecule has 1 aromatic carbocycles. The van der Waals surface area contributed by atoms with E-state index in [0.29, 0.717) is 5.33 Å². The third kappa shape index (κ3) is 4.88. The van der Waals surface area contributed by atoms with Crippen molar-refractivity contribution in [3.05, 3.63) is 29.8 Å². The summed E-state index contributed by atoms with van der Waals surface area (Å²) in [5.41, 5.74) is 2.08. The van der Waals surface area contributed by atoms with Gasteiger partial charge in [-0.3, -0.25) is 9.69 Å². The van der Waals surface area contributed by atoms with Crippen molar-refractivity contribution in [2.24, 2.45) is 0 Å². The Balaban J connectivity index is 2.68. The van der Waals surface area contributed by atoms with Crippen molar-refractivity contribution >= 4 is 27.5 Å². The third-order valence-electron chi connectivity index (χ3n) is 2.63. The molecular weight excluding hydrogens is 280 g/mol. The molecular formula is C13H19BrN2O. The Labute approximate surface area is 111 Å². The van der Waals surface area contributed by atoms with Crippen LogP contribution in [0.4, 0.5) is 5.69 Å². The first-order valence-electron chi connectivity index (χ1n) is 5.86. The van der Waals surface area contributed by atoms with Crippen LogP contribution in [0.3, 0.4) is 0 Å². The first-order chi connectivity index (χ1) is 8.19. The molecule has 0 aromatic heterocycles. The van der Waals surface area contributed by atoms with Gasteiger partial charge in [0.2, 0.25) is 5.91 Å². The van der Waals surface area contributed by atoms with Crippen molar-refractivity contribution in [2.75, 3.05) is 23.7 Å². The highest BCUT2D eigenvalue weighted by molar-refractivity contribution is 9.09. The fourth-order valence-corrected chi connectivity index (χ4v) is 1.79. The lowest BCUT2D eigenvalue weighted by atomic mass is 10.2. The quantitative estimate of drug-likeness (QED) is 0.819. The molecule has 0 aliphatic rings. The average Bonchev–Trinajstić information content (AvgIpc) is 2.36. The fraction of sp³-hybridized carbons (Fsp3) is 0.462. The summed E-state index contributed by atoms with van der Waals surface area (Å²) in [6.07, 6.45) is 0. The first-order valence-corrected chi connectivity index (χ1v) is 6.98. The Kier molecular flexibility index (Phi) is 6.22. The van der Waals surface area contributed by atoms with Crippen molar-refractivity contribution in [1.29, 1.82) is 0 Å². The summed E-state index contributed by atoms with van der Waals surface area (Å²) in [4.78, 5) is 13.6. The van der Waals surface area contributed by atoms with E-state index in [1.165, 1.54) is 5.56 Å². The van der Waals surface area contributed by atoms with E-state index in [0.717, 1.165) is 25.3 Å². The second kappa shape index (κ2) is 7.45. The van der Waals surface area contributed by atoms with Gasteiger partial charge in [0.25, 0.3) is 0 Å². The highest BCUT2D eigenvalue weighted by atomic mass is 79.9. The lowest BCUT2D eigenvalue weighted by Gasteiger charge is -2.18. The molecule has 0 aliphatic carbocycles. The third-order valence-corrected chi connectivity index (χ3v) is 3.14. The minimum atomic E-state index is -0.0232. The van der Waals surface area contributed by atoms with Crippen LogP contribution in [0.2, 0.25) is 0 Å². The number of amides is 1. The summed E-state index contributed by atoms with van der Waals surface area (Å²) in [6, 6.07) is 8.00. The predicted octanol–water partition coefficient (Wildman–Crippen LogP) is 2.86. The van der Waals surface area contributed by atoms with E-state index in [-0.39, 0.29) is 5.91 Å². The monoisotopic (exact) mass is 298 g/mol. The van der Waals surface area contributed by atoms with E-state index in [9.17, 15) is 4.79 Å². The summed E-state index contributed by atoms with van der Waals surface area (Å²) >= 11 is 3.13. The number of hydrogen-bond acceptors (Lipinski definition) is 2. The average molecular weight is 299 g/mol. The fourth-order valence-electron chi connectivity index (χ4n) is 1.65. The molecule has 0 radical (unpaired) electrons. The van der Waals surface area contributed by atoms with Gasteiger partial charge in [0.15, 0.2) is 0 Å². The lowest BCUT2D eigenvalue weighted by Crippen LogP contribution is -2.22. The Morgan fingerprint density at radius 3 is 2.65 bits per heavy atom. The molecule has 4 heteroatoms. The molecule has 3 nitrogen and oxygen atoms in total. The standard InChI is InChI=1S/C13H19BrN2O/c1-3-16(4-2)10-11-6-5-7-12(8-11)15-13(17)9-14/h5-8H,3-4,9-10H2,1-2H3,(H,15,17). The first kappa shape index (κ1) is 14.2. The Morgan fingerprint density at radius 1 is 1.35 bits per heavy atom. The molecule has 0 atom stereocenters. The van der Waals surface area contributed by atoms with Crippen molar-refractivity contribution in [3.8, 4) is 0 Å². The molecule has 0 heterocycles. The zero-order chi connectivity index (χ0) is 12.7. The van der Waals surface area contributed by atoms with Crippen LogP contribution < -0.4 is 5.32 Å². The highest BCUT2D eigenvalue weighted by Gasteiger charge is 2.03. The van der Waals surface area contributed by atoms with Gasteiger partial charge >= 0.3 is 0 Å². The number of carbonyl (C=O) groups excluding carboxylic acids is 1. The zero-order valence-electron chi connectivity index (χ0n) is 10.4. The van der Waals surface area contributed by atoms with Gasteiger partial charge in [-0.2, -0.15) is 0 Å². The maximum absolute atomic E-state index is 11.3. The molecule has 17 heavy (non-hydrogen) atoms. The Hall–Kier alpha value is -0.870. The van der Waals surface area contributed by atoms with E-state index < -0.39 is 0 Å². The zero-order valence-corrected chi connectivity index (χ0v) is 12.0. The van der Waals surface area contributed by atoms with Crippen LogP contribution >= 0.6 is 15.9 Å². The van der Waals surface area contributed by atoms with E-state index in [1.807, 2.05) is 18.2 Å². The Bertz CT molecular complexity index is 364. The highest BCUT2D eigenvalue weighted by Crippen LogP contribution is 2.12. The number of nitrogens with one attached hydrogen (secondary N) is 1. The maximum atomic E-state index is 11.3. The number of carbonyl (C=O) groups is 1. The topological polar surface area (TPSA) is 32.3 Å². The van der Waals surface area contributed by atoms with Gasteiger partial charge in [0, 0.05) is 12.2 Å². The van der Waals surface area contributed by atoms with Crippen molar-refractivity contribution in [2.45, 2.75) is 20.4 Å². The summed E-state index contributed by atoms with van der Waals surface area (Å²) in [6.45, 7) is 7.30. The van der Waals surface area contributed by atoms with Gasteiger partial charge in [0.05, 0.1) is 5.33 Å². The van der Waals surface area contributed by atoms with Crippen LogP contribution in [0.1, 0.15) is 19.4 Å². The molecule has 0 saturated heterocycles. The molecule has 1 N–H and O–H groups in total. The van der Waals surface area contributed by atoms with Crippen LogP contribution in [0.5, 0.6) is 0 Å². The molecule has 0 spiro atoms. The summed E-state index contributed by atoms with van der Waals surface area (Å²) in [5.74, 6) is -0.0232. The number of alkyl halides is 1. The number of anilines is 1. The van der Waals surface area contributed by atoms with Gasteiger partial charge in [-0.15, -0.1) is 0 Å².